The molecule has 0 nitrogen and oxygen atoms in total. The van der Waals surface area contributed by atoms with E-state index in [9.17, 15) is 0 Å². The van der Waals surface area contributed by atoms with Crippen molar-refractivity contribution >= 4 is 14.7 Å². The summed E-state index contributed by atoms with van der Waals surface area (Å²) in [5, 5.41) is 2.23. The molecule has 0 amide bonds. The minimum atomic E-state index is -0.222. The summed E-state index contributed by atoms with van der Waals surface area (Å²) in [5.41, 5.74) is 1.78. The van der Waals surface area contributed by atoms with E-state index >= 15 is 0 Å². The van der Waals surface area contributed by atoms with Crippen LogP contribution >= 0.6 is 0 Å². The van der Waals surface area contributed by atoms with Crippen molar-refractivity contribution in [3.63, 3.8) is 0 Å². The van der Waals surface area contributed by atoms with Crippen molar-refractivity contribution in [2.24, 2.45) is 11.8 Å². The molecular weight excluding hydrogens is 256 g/mol. The summed E-state index contributed by atoms with van der Waals surface area (Å²) in [6.07, 6.45) is 12.5. The molecule has 3 atom stereocenters. The number of hydrogen-bond donors (Lipinski definition) is 0. The van der Waals surface area contributed by atoms with Crippen LogP contribution in [0.15, 0.2) is 54.1 Å². The summed E-state index contributed by atoms with van der Waals surface area (Å²) in [4.78, 5) is 0. The van der Waals surface area contributed by atoms with Crippen LogP contribution < -0.4 is 5.19 Å². The predicted octanol–water partition coefficient (Wildman–Crippen LogP) is 3.98. The molecule has 0 radical (unpaired) electrons. The Morgan fingerprint density at radius 2 is 2.05 bits per heavy atom. The number of rotatable bonds is 4. The third kappa shape index (κ3) is 2.56. The molecule has 3 unspecified atom stereocenters. The van der Waals surface area contributed by atoms with Crippen molar-refractivity contribution in [1.29, 1.82) is 0 Å². The van der Waals surface area contributed by atoms with Gasteiger partial charge in [-0.25, -0.2) is 0 Å². The average molecular weight is 283 g/mol. The van der Waals surface area contributed by atoms with Crippen molar-refractivity contribution in [2.75, 3.05) is 0 Å². The van der Waals surface area contributed by atoms with Crippen LogP contribution in [0, 0.1) is 11.8 Å². The summed E-state index contributed by atoms with van der Waals surface area (Å²) >= 11 is 0. The number of allylic oxidation sites excluding steroid dienone is 4. The Kier molecular flexibility index (Phi) is 3.98. The van der Waals surface area contributed by atoms with E-state index in [2.05, 4.69) is 62.4 Å². The van der Waals surface area contributed by atoms with Crippen LogP contribution in [0.4, 0.5) is 0 Å². The molecule has 1 fully saturated rings. The summed E-state index contributed by atoms with van der Waals surface area (Å²) < 4.78 is 0. The second kappa shape index (κ2) is 5.73. The average Bonchev–Trinajstić information content (AvgIpc) is 2.73. The van der Waals surface area contributed by atoms with Gasteiger partial charge in [-0.15, -0.1) is 0 Å². The van der Waals surface area contributed by atoms with Crippen molar-refractivity contribution < 1.29 is 0 Å². The first-order chi connectivity index (χ1) is 9.73. The zero-order valence-electron chi connectivity index (χ0n) is 12.8. The first-order valence-electron chi connectivity index (χ1n) is 8.13. The second-order valence-corrected chi connectivity index (χ2v) is 9.67. The maximum absolute atomic E-state index is 2.59. The fourth-order valence-electron chi connectivity index (χ4n) is 4.46. The van der Waals surface area contributed by atoms with Gasteiger partial charge in [0, 0.05) is 0 Å². The molecule has 2 aliphatic carbocycles. The van der Waals surface area contributed by atoms with Gasteiger partial charge in [0.2, 0.25) is 0 Å². The summed E-state index contributed by atoms with van der Waals surface area (Å²) in [5.74, 6) is 1.69. The predicted molar refractivity (Wildman–Crippen MR) is 91.3 cm³/mol. The molecule has 1 aromatic carbocycles. The highest BCUT2D eigenvalue weighted by Crippen LogP contribution is 2.58. The van der Waals surface area contributed by atoms with Crippen molar-refractivity contribution in [3.8, 4) is 0 Å². The van der Waals surface area contributed by atoms with E-state index in [0.717, 1.165) is 11.8 Å². The molecule has 2 aliphatic rings. The fourth-order valence-corrected chi connectivity index (χ4v) is 7.08. The van der Waals surface area contributed by atoms with Crippen LogP contribution in [-0.4, -0.2) is 9.52 Å². The van der Waals surface area contributed by atoms with Gasteiger partial charge in [-0.3, -0.25) is 0 Å². The van der Waals surface area contributed by atoms with E-state index in [1.165, 1.54) is 25.7 Å². The standard InChI is InChI=1S/C19H26Si/c1-3-9-18-17-13-8-7-10-15(17)14-19(18,2)20-16-11-5-4-6-12-16/h4-8,11-13,15,18H,3,9-10,14,20H2,1-2H3. The molecule has 3 rings (SSSR count). The van der Waals surface area contributed by atoms with Gasteiger partial charge in [-0.2, -0.15) is 0 Å². The SMILES string of the molecule is CCCC1C2=CC=CCC2CC1(C)[SiH2]c1ccccc1. The Balaban J connectivity index is 1.87. The fraction of sp³-hybridized carbons (Fsp3) is 0.474. The lowest BCUT2D eigenvalue weighted by molar-refractivity contribution is 0.441. The van der Waals surface area contributed by atoms with Crippen LogP contribution in [0.5, 0.6) is 0 Å². The Morgan fingerprint density at radius 3 is 2.80 bits per heavy atom. The van der Waals surface area contributed by atoms with Crippen LogP contribution in [0.3, 0.4) is 0 Å². The lowest BCUT2D eigenvalue weighted by Crippen LogP contribution is -2.31. The molecule has 0 N–H and O–H groups in total. The van der Waals surface area contributed by atoms with Crippen molar-refractivity contribution in [3.05, 3.63) is 54.1 Å². The van der Waals surface area contributed by atoms with Gasteiger partial charge < -0.3 is 0 Å². The van der Waals surface area contributed by atoms with E-state index in [1.54, 1.807) is 10.8 Å². The molecule has 1 heteroatoms. The van der Waals surface area contributed by atoms with Gasteiger partial charge in [0.05, 0.1) is 9.52 Å². The third-order valence-corrected chi connectivity index (χ3v) is 7.77. The molecule has 0 heterocycles. The summed E-state index contributed by atoms with van der Waals surface area (Å²) in [6.45, 7) is 4.93. The van der Waals surface area contributed by atoms with E-state index in [0.29, 0.717) is 5.04 Å². The van der Waals surface area contributed by atoms with E-state index < -0.39 is 0 Å². The van der Waals surface area contributed by atoms with E-state index in [-0.39, 0.29) is 9.52 Å². The highest BCUT2D eigenvalue weighted by molar-refractivity contribution is 6.57. The van der Waals surface area contributed by atoms with Gasteiger partial charge in [-0.05, 0) is 36.1 Å². The normalized spacial score (nSPS) is 32.6. The lowest BCUT2D eigenvalue weighted by Gasteiger charge is -2.32. The topological polar surface area (TPSA) is 0 Å². The molecule has 0 aliphatic heterocycles. The van der Waals surface area contributed by atoms with Crippen LogP contribution in [0.1, 0.15) is 39.5 Å². The monoisotopic (exact) mass is 282 g/mol. The number of benzene rings is 1. The van der Waals surface area contributed by atoms with Crippen molar-refractivity contribution in [2.45, 2.75) is 44.6 Å². The van der Waals surface area contributed by atoms with Gasteiger partial charge in [0.25, 0.3) is 0 Å². The Hall–Kier alpha value is -1.08. The quantitative estimate of drug-likeness (QED) is 0.733. The highest BCUT2D eigenvalue weighted by atomic mass is 28.2. The van der Waals surface area contributed by atoms with Gasteiger partial charge in [-0.1, -0.05) is 79.6 Å². The van der Waals surface area contributed by atoms with Gasteiger partial charge >= 0.3 is 0 Å². The molecule has 0 aromatic heterocycles. The largest absolute Gasteiger partial charge is 0.0839 e. The third-order valence-electron chi connectivity index (χ3n) is 5.30. The molecule has 1 aromatic rings. The Bertz CT molecular complexity index is 514. The van der Waals surface area contributed by atoms with E-state index in [4.69, 9.17) is 0 Å². The molecule has 20 heavy (non-hydrogen) atoms. The molecule has 106 valence electrons. The molecule has 0 saturated heterocycles. The molecular formula is C19H26Si. The van der Waals surface area contributed by atoms with Crippen LogP contribution in [-0.2, 0) is 0 Å². The second-order valence-electron chi connectivity index (χ2n) is 6.89. The van der Waals surface area contributed by atoms with Gasteiger partial charge in [0.15, 0.2) is 0 Å². The minimum absolute atomic E-state index is 0.222. The molecule has 0 bridgehead atoms. The smallest absolute Gasteiger partial charge is 0.0612 e. The Labute approximate surface area is 125 Å². The van der Waals surface area contributed by atoms with Gasteiger partial charge in [0.1, 0.15) is 0 Å². The van der Waals surface area contributed by atoms with Crippen LogP contribution in [0.25, 0.3) is 0 Å². The molecule has 1 saturated carbocycles. The lowest BCUT2D eigenvalue weighted by atomic mass is 9.86. The first kappa shape index (κ1) is 13.9. The number of hydrogen-bond acceptors (Lipinski definition) is 0. The first-order valence-corrected chi connectivity index (χ1v) is 9.55. The molecule has 0 spiro atoms. The van der Waals surface area contributed by atoms with E-state index in [1.807, 2.05) is 0 Å². The minimum Gasteiger partial charge on any atom is -0.0839 e. The highest BCUT2D eigenvalue weighted by Gasteiger charge is 2.46. The maximum Gasteiger partial charge on any atom is 0.0612 e. The van der Waals surface area contributed by atoms with Crippen molar-refractivity contribution in [1.82, 2.24) is 0 Å². The van der Waals surface area contributed by atoms with Crippen LogP contribution in [0.2, 0.25) is 5.04 Å². The zero-order valence-corrected chi connectivity index (χ0v) is 14.2. The zero-order chi connectivity index (χ0) is 14.0. The summed E-state index contributed by atoms with van der Waals surface area (Å²) in [6, 6.07) is 11.3. The number of fused-ring (bicyclic) bond motifs is 1. The Morgan fingerprint density at radius 1 is 1.25 bits per heavy atom. The maximum atomic E-state index is 2.59. The summed E-state index contributed by atoms with van der Waals surface area (Å²) in [7, 11) is -0.222.